The van der Waals surface area contributed by atoms with Crippen molar-refractivity contribution in [1.29, 1.82) is 0 Å². The van der Waals surface area contributed by atoms with Crippen LogP contribution >= 0.6 is 0 Å². The van der Waals surface area contributed by atoms with Crippen molar-refractivity contribution in [3.05, 3.63) is 159 Å². The van der Waals surface area contributed by atoms with Gasteiger partial charge < -0.3 is 0 Å². The Morgan fingerprint density at radius 3 is 1.15 bits per heavy atom. The molecule has 3 nitrogen and oxygen atoms in total. The lowest BCUT2D eigenvalue weighted by Crippen LogP contribution is -2.12. The van der Waals surface area contributed by atoms with E-state index in [1.165, 1.54) is 11.1 Å². The van der Waals surface area contributed by atoms with Crippen LogP contribution in [0.5, 0.6) is 0 Å². The Kier molecular flexibility index (Phi) is 7.84. The van der Waals surface area contributed by atoms with Gasteiger partial charge in [0.15, 0.2) is 0 Å². The zero-order valence-electron chi connectivity index (χ0n) is 24.2. The number of aryl methyl sites for hydroxylation is 6. The van der Waals surface area contributed by atoms with Gasteiger partial charge in [-0.3, -0.25) is 0 Å². The van der Waals surface area contributed by atoms with Gasteiger partial charge in [0, 0.05) is 11.1 Å². The fourth-order valence-corrected chi connectivity index (χ4v) is 5.35. The third-order valence-electron chi connectivity index (χ3n) is 7.05. The number of pyridine rings is 1. The Balaban J connectivity index is 1.72. The molecule has 0 amide bonds. The minimum atomic E-state index is 0.809. The predicted molar refractivity (Wildman–Crippen MR) is 169 cm³/mol. The molecule has 0 unspecified atom stereocenters. The molecule has 0 saturated heterocycles. The number of hydrogen-bond donors (Lipinski definition) is 0. The van der Waals surface area contributed by atoms with Gasteiger partial charge in [0.1, 0.15) is 0 Å². The number of benzene rings is 4. The van der Waals surface area contributed by atoms with Crippen LogP contribution in [0.3, 0.4) is 0 Å². The van der Waals surface area contributed by atoms with Crippen LogP contribution in [0.2, 0.25) is 0 Å². The molecule has 0 N–H and O–H groups in total. The van der Waals surface area contributed by atoms with E-state index < -0.39 is 0 Å². The van der Waals surface area contributed by atoms with Gasteiger partial charge in [0.25, 0.3) is 0 Å². The van der Waals surface area contributed by atoms with E-state index in [2.05, 4.69) is 96.1 Å². The van der Waals surface area contributed by atoms with Crippen molar-refractivity contribution in [2.24, 2.45) is 9.98 Å². The summed E-state index contributed by atoms with van der Waals surface area (Å²) in [5.74, 6) is 0. The van der Waals surface area contributed by atoms with Crippen LogP contribution in [0.15, 0.2) is 113 Å². The first-order valence-electron chi connectivity index (χ1n) is 13.7. The first-order valence-corrected chi connectivity index (χ1v) is 13.7. The van der Waals surface area contributed by atoms with Gasteiger partial charge in [0.05, 0.1) is 34.2 Å². The lowest BCUT2D eigenvalue weighted by atomic mass is 10.0. The third kappa shape index (κ3) is 5.84. The summed E-state index contributed by atoms with van der Waals surface area (Å²) in [4.78, 5) is 15.7. The second kappa shape index (κ2) is 11.6. The Labute approximate surface area is 238 Å². The summed E-state index contributed by atoms with van der Waals surface area (Å²) in [7, 11) is 0. The highest BCUT2D eigenvalue weighted by Gasteiger charge is 2.16. The molecule has 4 aromatic carbocycles. The summed E-state index contributed by atoms with van der Waals surface area (Å²) < 4.78 is 0. The number of rotatable bonds is 6. The highest BCUT2D eigenvalue weighted by molar-refractivity contribution is 6.16. The maximum Gasteiger partial charge on any atom is 0.0966 e. The highest BCUT2D eigenvalue weighted by atomic mass is 14.8. The summed E-state index contributed by atoms with van der Waals surface area (Å²) in [6.07, 6.45) is 0. The molecule has 0 aliphatic rings. The zero-order valence-corrected chi connectivity index (χ0v) is 24.2. The van der Waals surface area contributed by atoms with E-state index >= 15 is 0 Å². The third-order valence-corrected chi connectivity index (χ3v) is 7.05. The molecule has 5 aromatic rings. The van der Waals surface area contributed by atoms with Gasteiger partial charge >= 0.3 is 0 Å². The molecular weight excluding hydrogens is 486 g/mol. The van der Waals surface area contributed by atoms with E-state index in [4.69, 9.17) is 15.0 Å². The number of nitrogens with zero attached hydrogens (tertiary/aromatic N) is 3. The topological polar surface area (TPSA) is 37.6 Å². The number of hydrogen-bond acceptors (Lipinski definition) is 3. The van der Waals surface area contributed by atoms with E-state index in [-0.39, 0.29) is 0 Å². The van der Waals surface area contributed by atoms with Crippen LogP contribution in [0, 0.1) is 41.5 Å². The Morgan fingerprint density at radius 1 is 0.450 bits per heavy atom. The van der Waals surface area contributed by atoms with Crippen molar-refractivity contribution in [3.63, 3.8) is 0 Å². The molecule has 0 aliphatic heterocycles. The summed E-state index contributed by atoms with van der Waals surface area (Å²) in [6, 6.07) is 35.5. The largest absolute Gasteiger partial charge is 0.246 e. The minimum absolute atomic E-state index is 0.809. The van der Waals surface area contributed by atoms with Crippen molar-refractivity contribution >= 4 is 22.8 Å². The molecule has 3 heteroatoms. The lowest BCUT2D eigenvalue weighted by molar-refractivity contribution is 1.23. The Bertz CT molecular complexity index is 1560. The molecule has 0 bridgehead atoms. The summed E-state index contributed by atoms with van der Waals surface area (Å²) in [5.41, 5.74) is 14.4. The molecule has 0 spiro atoms. The second-order valence-corrected chi connectivity index (χ2v) is 10.6. The molecule has 1 aromatic heterocycles. The lowest BCUT2D eigenvalue weighted by Gasteiger charge is -2.14. The van der Waals surface area contributed by atoms with Crippen LogP contribution in [0.1, 0.15) is 55.9 Å². The maximum atomic E-state index is 5.25. The van der Waals surface area contributed by atoms with Crippen LogP contribution < -0.4 is 0 Å². The van der Waals surface area contributed by atoms with E-state index in [1.54, 1.807) is 0 Å². The molecule has 0 atom stereocenters. The van der Waals surface area contributed by atoms with Crippen molar-refractivity contribution < 1.29 is 0 Å². The van der Waals surface area contributed by atoms with Crippen LogP contribution in [-0.4, -0.2) is 16.4 Å². The van der Waals surface area contributed by atoms with Gasteiger partial charge in [-0.25, -0.2) is 15.0 Å². The number of aromatic nitrogens is 1. The number of aliphatic imine (C=N–C) groups is 2. The molecule has 0 aliphatic carbocycles. The van der Waals surface area contributed by atoms with Gasteiger partial charge in [-0.15, -0.1) is 0 Å². The Morgan fingerprint density at radius 2 is 0.800 bits per heavy atom. The Hall–Kier alpha value is -4.63. The minimum Gasteiger partial charge on any atom is -0.246 e. The molecule has 1 heterocycles. The van der Waals surface area contributed by atoms with E-state index in [1.807, 2.05) is 48.5 Å². The van der Waals surface area contributed by atoms with Crippen LogP contribution in [0.4, 0.5) is 11.4 Å². The fraction of sp³-hybridized carbons (Fsp3) is 0.162. The van der Waals surface area contributed by atoms with Gasteiger partial charge in [0.2, 0.25) is 0 Å². The first kappa shape index (κ1) is 27.0. The SMILES string of the molecule is Cc1cc(C)c(/N=C(\c2ccccc2)c2cccc(/C(=N/c3c(C)cc(C)cc3C)c3ccccc3)n2)c(C)c1. The smallest absolute Gasteiger partial charge is 0.0966 e. The normalized spacial score (nSPS) is 12.1. The van der Waals surface area contributed by atoms with Crippen molar-refractivity contribution in [2.75, 3.05) is 0 Å². The van der Waals surface area contributed by atoms with E-state index in [0.29, 0.717) is 0 Å². The molecule has 0 fully saturated rings. The van der Waals surface area contributed by atoms with Crippen molar-refractivity contribution in [2.45, 2.75) is 41.5 Å². The molecule has 198 valence electrons. The monoisotopic (exact) mass is 521 g/mol. The van der Waals surface area contributed by atoms with Gasteiger partial charge in [-0.05, 0) is 75.9 Å². The molecule has 40 heavy (non-hydrogen) atoms. The summed E-state index contributed by atoms with van der Waals surface area (Å²) in [5, 5.41) is 0. The fourth-order valence-electron chi connectivity index (χ4n) is 5.35. The molecule has 0 radical (unpaired) electrons. The zero-order chi connectivity index (χ0) is 28.2. The maximum absolute atomic E-state index is 5.25. The van der Waals surface area contributed by atoms with Gasteiger partial charge in [-0.1, -0.05) is 102 Å². The van der Waals surface area contributed by atoms with Crippen molar-refractivity contribution in [1.82, 2.24) is 4.98 Å². The van der Waals surface area contributed by atoms with E-state index in [9.17, 15) is 0 Å². The molecule has 5 rings (SSSR count). The molecular formula is C37H35N3. The molecule has 0 saturated carbocycles. The predicted octanol–water partition coefficient (Wildman–Crippen LogP) is 9.27. The average molecular weight is 522 g/mol. The first-order chi connectivity index (χ1) is 19.3. The standard InChI is InChI=1S/C37H35N3/c1-24-20-26(3)34(27(4)21-24)39-36(30-14-9-7-10-15-30)32-18-13-19-33(38-32)37(31-16-11-8-12-17-31)40-35-28(5)22-25(2)23-29(35)6/h7-23H,1-6H3/b39-36+,40-37+. The van der Waals surface area contributed by atoms with Crippen LogP contribution in [0.25, 0.3) is 0 Å². The quantitative estimate of drug-likeness (QED) is 0.205. The van der Waals surface area contributed by atoms with E-state index in [0.717, 1.165) is 67.6 Å². The summed E-state index contributed by atoms with van der Waals surface area (Å²) in [6.45, 7) is 12.7. The summed E-state index contributed by atoms with van der Waals surface area (Å²) >= 11 is 0. The van der Waals surface area contributed by atoms with Crippen LogP contribution in [-0.2, 0) is 0 Å². The average Bonchev–Trinajstić information content (AvgIpc) is 2.93. The highest BCUT2D eigenvalue weighted by Crippen LogP contribution is 2.29. The van der Waals surface area contributed by atoms with Gasteiger partial charge in [-0.2, -0.15) is 0 Å². The second-order valence-electron chi connectivity index (χ2n) is 10.6. The van der Waals surface area contributed by atoms with Crippen molar-refractivity contribution in [3.8, 4) is 0 Å².